The van der Waals surface area contributed by atoms with Crippen molar-refractivity contribution < 1.29 is 0 Å². The van der Waals surface area contributed by atoms with Gasteiger partial charge in [-0.15, -0.1) is 0 Å². The number of fused-ring (bicyclic) bond motifs is 1. The topological polar surface area (TPSA) is 38.0 Å². The van der Waals surface area contributed by atoms with Crippen molar-refractivity contribution in [2.75, 3.05) is 11.1 Å². The van der Waals surface area contributed by atoms with Crippen LogP contribution in [0.5, 0.6) is 0 Å². The molecule has 1 aliphatic rings. The van der Waals surface area contributed by atoms with E-state index in [4.69, 9.17) is 5.73 Å². The van der Waals surface area contributed by atoms with Crippen molar-refractivity contribution in [3.63, 3.8) is 0 Å². The van der Waals surface area contributed by atoms with Gasteiger partial charge in [0.25, 0.3) is 0 Å². The third-order valence-corrected chi connectivity index (χ3v) is 3.64. The van der Waals surface area contributed by atoms with Crippen molar-refractivity contribution in [3.8, 4) is 0 Å². The summed E-state index contributed by atoms with van der Waals surface area (Å²) in [5.74, 6) is 0. The molecule has 0 heterocycles. The van der Waals surface area contributed by atoms with Crippen LogP contribution in [0.1, 0.15) is 23.1 Å². The van der Waals surface area contributed by atoms with Crippen LogP contribution in [0.15, 0.2) is 36.4 Å². The third-order valence-electron chi connectivity index (χ3n) is 3.64. The molecule has 0 saturated carbocycles. The molecular formula is C16H18N2. The SMILES string of the molecule is Cc1ccc(N)cc1Nc1ccc2c(c1)CCC2. The van der Waals surface area contributed by atoms with Gasteiger partial charge in [0, 0.05) is 17.1 Å². The summed E-state index contributed by atoms with van der Waals surface area (Å²) in [6.07, 6.45) is 3.73. The molecule has 1 aliphatic carbocycles. The quantitative estimate of drug-likeness (QED) is 0.781. The first kappa shape index (κ1) is 11.1. The van der Waals surface area contributed by atoms with Gasteiger partial charge in [-0.1, -0.05) is 12.1 Å². The van der Waals surface area contributed by atoms with Crippen LogP contribution in [0.3, 0.4) is 0 Å². The van der Waals surface area contributed by atoms with Crippen molar-refractivity contribution in [1.29, 1.82) is 0 Å². The summed E-state index contributed by atoms with van der Waals surface area (Å²) in [5, 5.41) is 3.46. The van der Waals surface area contributed by atoms with E-state index in [-0.39, 0.29) is 0 Å². The Morgan fingerprint density at radius 3 is 2.72 bits per heavy atom. The number of nitrogens with two attached hydrogens (primary N) is 1. The van der Waals surface area contributed by atoms with Gasteiger partial charge in [-0.3, -0.25) is 0 Å². The molecule has 0 atom stereocenters. The van der Waals surface area contributed by atoms with E-state index < -0.39 is 0 Å². The first-order chi connectivity index (χ1) is 8.72. The molecule has 0 saturated heterocycles. The van der Waals surface area contributed by atoms with E-state index in [1.165, 1.54) is 36.0 Å². The lowest BCUT2D eigenvalue weighted by molar-refractivity contribution is 0.912. The fourth-order valence-electron chi connectivity index (χ4n) is 2.58. The smallest absolute Gasteiger partial charge is 0.0434 e. The number of rotatable bonds is 2. The highest BCUT2D eigenvalue weighted by molar-refractivity contribution is 5.67. The fraction of sp³-hybridized carbons (Fsp3) is 0.250. The Hall–Kier alpha value is -1.96. The Morgan fingerprint density at radius 2 is 1.83 bits per heavy atom. The monoisotopic (exact) mass is 238 g/mol. The van der Waals surface area contributed by atoms with E-state index in [0.29, 0.717) is 0 Å². The second-order valence-electron chi connectivity index (χ2n) is 5.04. The van der Waals surface area contributed by atoms with Crippen LogP contribution >= 0.6 is 0 Å². The summed E-state index contributed by atoms with van der Waals surface area (Å²) in [7, 11) is 0. The first-order valence-corrected chi connectivity index (χ1v) is 6.47. The maximum absolute atomic E-state index is 5.83. The van der Waals surface area contributed by atoms with Gasteiger partial charge in [0.2, 0.25) is 0 Å². The van der Waals surface area contributed by atoms with Crippen molar-refractivity contribution in [2.24, 2.45) is 0 Å². The molecule has 2 nitrogen and oxygen atoms in total. The third kappa shape index (κ3) is 2.06. The average Bonchev–Trinajstić information content (AvgIpc) is 2.81. The molecule has 2 aromatic rings. The van der Waals surface area contributed by atoms with E-state index in [1.807, 2.05) is 18.2 Å². The molecule has 3 N–H and O–H groups in total. The van der Waals surface area contributed by atoms with E-state index in [9.17, 15) is 0 Å². The molecule has 0 unspecified atom stereocenters. The molecule has 0 radical (unpaired) electrons. The molecular weight excluding hydrogens is 220 g/mol. The molecule has 0 fully saturated rings. The van der Waals surface area contributed by atoms with Gasteiger partial charge in [0.1, 0.15) is 0 Å². The molecule has 0 bridgehead atoms. The van der Waals surface area contributed by atoms with E-state index in [2.05, 4.69) is 30.4 Å². The zero-order valence-corrected chi connectivity index (χ0v) is 10.7. The summed E-state index contributed by atoms with van der Waals surface area (Å²) in [4.78, 5) is 0. The highest BCUT2D eigenvalue weighted by Gasteiger charge is 2.11. The molecule has 92 valence electrons. The highest BCUT2D eigenvalue weighted by Crippen LogP contribution is 2.28. The van der Waals surface area contributed by atoms with Gasteiger partial charge >= 0.3 is 0 Å². The summed E-state index contributed by atoms with van der Waals surface area (Å²) in [5.41, 5.74) is 13.1. The summed E-state index contributed by atoms with van der Waals surface area (Å²) in [6.45, 7) is 2.09. The van der Waals surface area contributed by atoms with Gasteiger partial charge in [-0.2, -0.15) is 0 Å². The minimum absolute atomic E-state index is 0.796. The van der Waals surface area contributed by atoms with Gasteiger partial charge in [0.05, 0.1) is 0 Å². The normalized spacial score (nSPS) is 13.4. The predicted molar refractivity (Wildman–Crippen MR) is 77.3 cm³/mol. The number of nitrogen functional groups attached to an aromatic ring is 1. The van der Waals surface area contributed by atoms with Crippen LogP contribution in [0.4, 0.5) is 17.1 Å². The highest BCUT2D eigenvalue weighted by atomic mass is 14.9. The Balaban J connectivity index is 1.90. The van der Waals surface area contributed by atoms with Crippen LogP contribution < -0.4 is 11.1 Å². The number of anilines is 3. The maximum Gasteiger partial charge on any atom is 0.0434 e. The van der Waals surface area contributed by atoms with Crippen LogP contribution in [0, 0.1) is 6.92 Å². The van der Waals surface area contributed by atoms with E-state index in [1.54, 1.807) is 0 Å². The second kappa shape index (κ2) is 4.37. The number of aryl methyl sites for hydroxylation is 3. The zero-order valence-electron chi connectivity index (χ0n) is 10.7. The Kier molecular flexibility index (Phi) is 2.71. The molecule has 0 aromatic heterocycles. The molecule has 0 amide bonds. The minimum atomic E-state index is 0.796. The lowest BCUT2D eigenvalue weighted by Crippen LogP contribution is -1.96. The minimum Gasteiger partial charge on any atom is -0.399 e. The van der Waals surface area contributed by atoms with Crippen molar-refractivity contribution in [1.82, 2.24) is 0 Å². The molecule has 2 aromatic carbocycles. The Bertz CT molecular complexity index is 588. The van der Waals surface area contributed by atoms with Crippen molar-refractivity contribution in [2.45, 2.75) is 26.2 Å². The second-order valence-corrected chi connectivity index (χ2v) is 5.04. The van der Waals surface area contributed by atoms with Gasteiger partial charge in [-0.05, 0) is 67.1 Å². The summed E-state index contributed by atoms with van der Waals surface area (Å²) < 4.78 is 0. The molecule has 18 heavy (non-hydrogen) atoms. The lowest BCUT2D eigenvalue weighted by Gasteiger charge is -2.11. The number of benzene rings is 2. The number of nitrogens with one attached hydrogen (secondary N) is 1. The van der Waals surface area contributed by atoms with Gasteiger partial charge in [0.15, 0.2) is 0 Å². The van der Waals surface area contributed by atoms with Crippen LogP contribution in [-0.4, -0.2) is 0 Å². The molecule has 0 spiro atoms. The summed E-state index contributed by atoms with van der Waals surface area (Å²) in [6, 6.07) is 12.6. The average molecular weight is 238 g/mol. The number of hydrogen-bond donors (Lipinski definition) is 2. The largest absolute Gasteiger partial charge is 0.399 e. The van der Waals surface area contributed by atoms with Gasteiger partial charge in [-0.25, -0.2) is 0 Å². The molecule has 3 rings (SSSR count). The zero-order chi connectivity index (χ0) is 12.5. The van der Waals surface area contributed by atoms with Crippen LogP contribution in [-0.2, 0) is 12.8 Å². The standard InChI is InChI=1S/C16H18N2/c1-11-5-7-14(17)10-16(11)18-15-8-6-12-3-2-4-13(12)9-15/h5-10,18H,2-4,17H2,1H3. The lowest BCUT2D eigenvalue weighted by atomic mass is 10.1. The van der Waals surface area contributed by atoms with Crippen LogP contribution in [0.2, 0.25) is 0 Å². The van der Waals surface area contributed by atoms with E-state index in [0.717, 1.165) is 17.1 Å². The maximum atomic E-state index is 5.83. The van der Waals surface area contributed by atoms with Gasteiger partial charge < -0.3 is 11.1 Å². The predicted octanol–water partition coefficient (Wildman–Crippen LogP) is 3.81. The van der Waals surface area contributed by atoms with E-state index >= 15 is 0 Å². The molecule has 2 heteroatoms. The Morgan fingerprint density at radius 1 is 1.00 bits per heavy atom. The molecule has 0 aliphatic heterocycles. The Labute approximate surface area is 108 Å². The fourth-order valence-corrected chi connectivity index (χ4v) is 2.58. The van der Waals surface area contributed by atoms with Crippen molar-refractivity contribution >= 4 is 17.1 Å². The first-order valence-electron chi connectivity index (χ1n) is 6.47. The van der Waals surface area contributed by atoms with Crippen LogP contribution in [0.25, 0.3) is 0 Å². The van der Waals surface area contributed by atoms with Crippen molar-refractivity contribution in [3.05, 3.63) is 53.1 Å². The number of hydrogen-bond acceptors (Lipinski definition) is 2. The summed E-state index contributed by atoms with van der Waals surface area (Å²) >= 11 is 0.